The average molecular weight is 478 g/mol. The number of benzene rings is 2. The number of hydrogen-bond donors (Lipinski definition) is 2. The Hall–Kier alpha value is -3.74. The van der Waals surface area contributed by atoms with Crippen LogP contribution in [0.1, 0.15) is 39.8 Å². The van der Waals surface area contributed by atoms with E-state index >= 15 is 0 Å². The summed E-state index contributed by atoms with van der Waals surface area (Å²) >= 11 is 0. The molecular formula is C28H32FN3O3. The standard InChI is InChI=1S/C28H32FN3O3/c1-18(2)16-26(32-28(34)30-19(3)4)27(33)17-22-6-5-7-25(31-22)20-8-12-23(13-9-20)35-24-14-10-21(29)11-15-24/h5-15,18-19,26H,16-17H2,1-4H3,(H2,30,32,34)/t26-/m0/s1. The molecule has 3 rings (SSSR count). The average Bonchev–Trinajstić information content (AvgIpc) is 2.80. The lowest BCUT2D eigenvalue weighted by Gasteiger charge is -2.21. The van der Waals surface area contributed by atoms with E-state index < -0.39 is 6.04 Å². The van der Waals surface area contributed by atoms with E-state index in [4.69, 9.17) is 4.74 Å². The molecular weight excluding hydrogens is 445 g/mol. The molecule has 0 radical (unpaired) electrons. The van der Waals surface area contributed by atoms with Gasteiger partial charge in [-0.1, -0.05) is 19.9 Å². The summed E-state index contributed by atoms with van der Waals surface area (Å²) in [5.41, 5.74) is 2.24. The summed E-state index contributed by atoms with van der Waals surface area (Å²) in [7, 11) is 0. The van der Waals surface area contributed by atoms with Gasteiger partial charge in [0.15, 0.2) is 5.78 Å². The smallest absolute Gasteiger partial charge is 0.315 e. The van der Waals surface area contributed by atoms with Crippen LogP contribution in [0.5, 0.6) is 11.5 Å². The number of hydrogen-bond acceptors (Lipinski definition) is 4. The minimum absolute atomic E-state index is 0.0179. The minimum atomic E-state index is -0.581. The molecule has 0 spiro atoms. The third kappa shape index (κ3) is 8.21. The van der Waals surface area contributed by atoms with Crippen LogP contribution in [0.15, 0.2) is 66.7 Å². The molecule has 1 heterocycles. The summed E-state index contributed by atoms with van der Waals surface area (Å²) in [5.74, 6) is 1.02. The molecule has 0 aliphatic carbocycles. The number of aromatic nitrogens is 1. The van der Waals surface area contributed by atoms with Gasteiger partial charge >= 0.3 is 6.03 Å². The van der Waals surface area contributed by atoms with E-state index in [2.05, 4.69) is 15.6 Å². The molecule has 1 atom stereocenters. The van der Waals surface area contributed by atoms with Gasteiger partial charge in [-0.15, -0.1) is 0 Å². The van der Waals surface area contributed by atoms with Gasteiger partial charge in [0.2, 0.25) is 0 Å². The normalized spacial score (nSPS) is 11.9. The van der Waals surface area contributed by atoms with Gasteiger partial charge in [0.25, 0.3) is 0 Å². The zero-order chi connectivity index (χ0) is 25.4. The van der Waals surface area contributed by atoms with Crippen molar-refractivity contribution < 1.29 is 18.7 Å². The molecule has 184 valence electrons. The molecule has 3 aromatic rings. The van der Waals surface area contributed by atoms with Crippen LogP contribution < -0.4 is 15.4 Å². The van der Waals surface area contributed by atoms with Crippen molar-refractivity contribution >= 4 is 11.8 Å². The van der Waals surface area contributed by atoms with Gasteiger partial charge < -0.3 is 15.4 Å². The van der Waals surface area contributed by atoms with Gasteiger partial charge in [-0.3, -0.25) is 9.78 Å². The van der Waals surface area contributed by atoms with E-state index in [0.717, 1.165) is 11.3 Å². The number of urea groups is 1. The van der Waals surface area contributed by atoms with Crippen LogP contribution in [0.4, 0.5) is 9.18 Å². The second-order valence-corrected chi connectivity index (χ2v) is 9.19. The summed E-state index contributed by atoms with van der Waals surface area (Å²) in [6.45, 7) is 7.78. The molecule has 0 fully saturated rings. The first-order valence-corrected chi connectivity index (χ1v) is 11.8. The highest BCUT2D eigenvalue weighted by Gasteiger charge is 2.23. The topological polar surface area (TPSA) is 80.3 Å². The molecule has 0 saturated heterocycles. The van der Waals surface area contributed by atoms with Crippen molar-refractivity contribution in [3.63, 3.8) is 0 Å². The van der Waals surface area contributed by atoms with E-state index in [1.54, 1.807) is 12.1 Å². The van der Waals surface area contributed by atoms with Crippen LogP contribution in [-0.2, 0) is 11.2 Å². The highest BCUT2D eigenvalue weighted by atomic mass is 19.1. The van der Waals surface area contributed by atoms with Gasteiger partial charge in [-0.05, 0) is 86.8 Å². The molecule has 0 aliphatic heterocycles. The fraction of sp³-hybridized carbons (Fsp3) is 0.321. The first-order valence-electron chi connectivity index (χ1n) is 11.8. The van der Waals surface area contributed by atoms with Crippen molar-refractivity contribution in [3.8, 4) is 22.8 Å². The number of carbonyl (C=O) groups is 2. The molecule has 0 aliphatic rings. The molecule has 0 bridgehead atoms. The van der Waals surface area contributed by atoms with Gasteiger partial charge in [-0.25, -0.2) is 9.18 Å². The van der Waals surface area contributed by atoms with Crippen molar-refractivity contribution in [3.05, 3.63) is 78.2 Å². The Morgan fingerprint density at radius 3 is 2.11 bits per heavy atom. The van der Waals surface area contributed by atoms with E-state index in [9.17, 15) is 14.0 Å². The zero-order valence-corrected chi connectivity index (χ0v) is 20.5. The van der Waals surface area contributed by atoms with Crippen LogP contribution in [0, 0.1) is 11.7 Å². The number of Topliss-reactive ketones (excluding diaryl/α,β-unsaturated/α-hetero) is 1. The molecule has 0 unspecified atom stereocenters. The number of nitrogens with one attached hydrogen (secondary N) is 2. The third-order valence-electron chi connectivity index (χ3n) is 5.18. The number of nitrogens with zero attached hydrogens (tertiary/aromatic N) is 1. The summed E-state index contributed by atoms with van der Waals surface area (Å²) < 4.78 is 18.8. The maximum atomic E-state index is 13.1. The monoisotopic (exact) mass is 477 g/mol. The molecule has 2 N–H and O–H groups in total. The largest absolute Gasteiger partial charge is 0.457 e. The minimum Gasteiger partial charge on any atom is -0.457 e. The number of halogens is 1. The maximum absolute atomic E-state index is 13.1. The van der Waals surface area contributed by atoms with E-state index in [1.165, 1.54) is 12.1 Å². The molecule has 35 heavy (non-hydrogen) atoms. The molecule has 0 saturated carbocycles. The molecule has 6 nitrogen and oxygen atoms in total. The lowest BCUT2D eigenvalue weighted by molar-refractivity contribution is -0.120. The van der Waals surface area contributed by atoms with Crippen LogP contribution in [0.3, 0.4) is 0 Å². The van der Waals surface area contributed by atoms with Crippen molar-refractivity contribution in [1.29, 1.82) is 0 Å². The fourth-order valence-electron chi connectivity index (χ4n) is 3.58. The third-order valence-corrected chi connectivity index (χ3v) is 5.18. The van der Waals surface area contributed by atoms with Crippen molar-refractivity contribution in [2.75, 3.05) is 0 Å². The Balaban J connectivity index is 1.68. The number of pyridine rings is 1. The van der Waals surface area contributed by atoms with Gasteiger partial charge in [-0.2, -0.15) is 0 Å². The number of amides is 2. The van der Waals surface area contributed by atoms with Gasteiger partial charge in [0.05, 0.1) is 18.2 Å². The van der Waals surface area contributed by atoms with E-state index in [-0.39, 0.29) is 36.0 Å². The zero-order valence-electron chi connectivity index (χ0n) is 20.5. The Morgan fingerprint density at radius 2 is 1.51 bits per heavy atom. The van der Waals surface area contributed by atoms with Crippen LogP contribution >= 0.6 is 0 Å². The molecule has 7 heteroatoms. The quantitative estimate of drug-likeness (QED) is 0.380. The summed E-state index contributed by atoms with van der Waals surface area (Å²) in [6.07, 6.45) is 0.679. The van der Waals surface area contributed by atoms with Gasteiger partial charge in [0.1, 0.15) is 17.3 Å². The van der Waals surface area contributed by atoms with Crippen molar-refractivity contribution in [2.24, 2.45) is 5.92 Å². The van der Waals surface area contributed by atoms with Crippen molar-refractivity contribution in [1.82, 2.24) is 15.6 Å². The molecule has 1 aromatic heterocycles. The maximum Gasteiger partial charge on any atom is 0.315 e. The first kappa shape index (κ1) is 25.9. The highest BCUT2D eigenvalue weighted by molar-refractivity contribution is 5.90. The Bertz CT molecular complexity index is 1130. The van der Waals surface area contributed by atoms with Crippen LogP contribution in [0.2, 0.25) is 0 Å². The second kappa shape index (κ2) is 12.1. The number of ketones is 1. The predicted molar refractivity (Wildman–Crippen MR) is 135 cm³/mol. The summed E-state index contributed by atoms with van der Waals surface area (Å²) in [4.78, 5) is 29.9. The van der Waals surface area contributed by atoms with Gasteiger partial charge in [0, 0.05) is 17.3 Å². The lowest BCUT2D eigenvalue weighted by atomic mass is 9.97. The van der Waals surface area contributed by atoms with E-state index in [0.29, 0.717) is 23.6 Å². The van der Waals surface area contributed by atoms with Crippen molar-refractivity contribution in [2.45, 2.75) is 52.6 Å². The Kier molecular flexibility index (Phi) is 8.95. The SMILES string of the molecule is CC(C)C[C@H](NC(=O)NC(C)C)C(=O)Cc1cccc(-c2ccc(Oc3ccc(F)cc3)cc2)n1. The Labute approximate surface area is 205 Å². The van der Waals surface area contributed by atoms with Crippen LogP contribution in [-0.4, -0.2) is 28.9 Å². The molecule has 2 amide bonds. The molecule has 2 aromatic carbocycles. The number of carbonyl (C=O) groups excluding carboxylic acids is 2. The summed E-state index contributed by atoms with van der Waals surface area (Å²) in [6, 6.07) is 17.8. The number of ether oxygens (including phenoxy) is 1. The van der Waals surface area contributed by atoms with E-state index in [1.807, 2.05) is 70.2 Å². The van der Waals surface area contributed by atoms with Crippen LogP contribution in [0.25, 0.3) is 11.3 Å². The Morgan fingerprint density at radius 1 is 0.886 bits per heavy atom. The fourth-order valence-corrected chi connectivity index (χ4v) is 3.58. The highest BCUT2D eigenvalue weighted by Crippen LogP contribution is 2.25. The summed E-state index contributed by atoms with van der Waals surface area (Å²) in [5, 5.41) is 5.59. The second-order valence-electron chi connectivity index (χ2n) is 9.19. The lowest BCUT2D eigenvalue weighted by Crippen LogP contribution is -2.48. The first-order chi connectivity index (χ1) is 16.7. The predicted octanol–water partition coefficient (Wildman–Crippen LogP) is 5.91. The number of rotatable bonds is 10.